The average molecular weight is 1100 g/mol. The maximum Gasteiger partial charge on any atom is 1.00 e. The molecular formula is C44H83KO24S2. The molecule has 0 bridgehead atoms. The van der Waals surface area contributed by atoms with E-state index in [9.17, 15) is 16.8 Å². The van der Waals surface area contributed by atoms with Crippen LogP contribution < -0.4 is 60.9 Å². The van der Waals surface area contributed by atoms with E-state index in [0.29, 0.717) is 223 Å². The summed E-state index contributed by atoms with van der Waals surface area (Å²) in [6.07, 6.45) is 0.471. The topological polar surface area (TPSA) is 275 Å². The zero-order valence-electron chi connectivity index (χ0n) is 42.9. The summed E-state index contributed by atoms with van der Waals surface area (Å²) < 4.78 is 159. The third-order valence-electron chi connectivity index (χ3n) is 8.41. The first-order chi connectivity index (χ1) is 34.2. The third kappa shape index (κ3) is 57.2. The van der Waals surface area contributed by atoms with Crippen LogP contribution in [-0.4, -0.2) is 262 Å². The number of para-hydroxylation sites is 2. The molecule has 416 valence electrons. The number of rotatable bonds is 58. The first-order valence-corrected chi connectivity index (χ1v) is 26.9. The molecule has 0 aromatic heterocycles. The van der Waals surface area contributed by atoms with Gasteiger partial charge in [-0.2, -0.15) is 16.8 Å². The molecule has 0 atom stereocenters. The van der Waals surface area contributed by atoms with Crippen molar-refractivity contribution in [2.45, 2.75) is 12.8 Å². The van der Waals surface area contributed by atoms with E-state index in [1.807, 2.05) is 24.3 Å². The van der Waals surface area contributed by atoms with E-state index in [1.54, 1.807) is 0 Å². The van der Waals surface area contributed by atoms with Gasteiger partial charge in [-0.05, 0) is 25.0 Å². The van der Waals surface area contributed by atoms with Gasteiger partial charge in [-0.25, -0.2) is 0 Å². The summed E-state index contributed by atoms with van der Waals surface area (Å²) in [6.45, 7) is 14.0. The van der Waals surface area contributed by atoms with Crippen LogP contribution in [0.4, 0.5) is 0 Å². The van der Waals surface area contributed by atoms with E-state index in [2.05, 4.69) is 0 Å². The van der Waals surface area contributed by atoms with Crippen molar-refractivity contribution in [1.82, 2.24) is 0 Å². The predicted octanol–water partition coefficient (Wildman–Crippen LogP) is -1.62. The Morgan fingerprint density at radius 2 is 0.437 bits per heavy atom. The maximum absolute atomic E-state index is 10.6. The van der Waals surface area contributed by atoms with Crippen LogP contribution in [0.3, 0.4) is 0 Å². The van der Waals surface area contributed by atoms with Crippen LogP contribution in [0.15, 0.2) is 24.3 Å². The van der Waals surface area contributed by atoms with Gasteiger partial charge in [0.1, 0.15) is 13.2 Å². The van der Waals surface area contributed by atoms with Crippen molar-refractivity contribution in [3.8, 4) is 11.5 Å². The largest absolute Gasteiger partial charge is 1.00 e. The second-order valence-electron chi connectivity index (χ2n) is 14.2. The molecule has 0 aliphatic rings. The Labute approximate surface area is 465 Å². The van der Waals surface area contributed by atoms with Crippen molar-refractivity contribution in [2.75, 3.05) is 236 Å². The van der Waals surface area contributed by atoms with E-state index >= 15 is 0 Å². The Morgan fingerprint density at radius 3 is 0.606 bits per heavy atom. The fourth-order valence-electron chi connectivity index (χ4n) is 5.08. The van der Waals surface area contributed by atoms with E-state index in [1.165, 1.54) is 0 Å². The molecule has 1 rings (SSSR count). The van der Waals surface area contributed by atoms with Gasteiger partial charge in [-0.3, -0.25) is 9.11 Å². The summed E-state index contributed by atoms with van der Waals surface area (Å²) in [7, 11) is -7.88. The number of hydrogen-bond acceptors (Lipinski definition) is 22. The van der Waals surface area contributed by atoms with Crippen molar-refractivity contribution in [2.24, 2.45) is 0 Å². The van der Waals surface area contributed by atoms with Crippen molar-refractivity contribution < 1.29 is 164 Å². The monoisotopic (exact) mass is 1100 g/mol. The molecule has 71 heavy (non-hydrogen) atoms. The van der Waals surface area contributed by atoms with Crippen LogP contribution in [0.25, 0.3) is 0 Å². The molecule has 0 heterocycles. The SMILES string of the molecule is O=S(=O)(O)CCCOCCOCCOCCOCCOCCOCCOCCOCCOc1ccccc1OCCOCCOCCOCCOCCOCCOCCOCCOCCCS(=O)(=O)O.[H-].[K+]. The molecule has 2 N–H and O–H groups in total. The van der Waals surface area contributed by atoms with Crippen LogP contribution in [0.5, 0.6) is 11.5 Å². The minimum absolute atomic E-state index is 0. The molecule has 0 amide bonds. The Balaban J connectivity index is 0. The van der Waals surface area contributed by atoms with E-state index < -0.39 is 20.2 Å². The van der Waals surface area contributed by atoms with Crippen molar-refractivity contribution in [3.63, 3.8) is 0 Å². The Kier molecular flexibility index (Phi) is 54.1. The molecule has 0 saturated heterocycles. The molecule has 0 fully saturated rings. The quantitative estimate of drug-likeness (QED) is 0.0422. The number of hydrogen-bond donors (Lipinski definition) is 2. The minimum Gasteiger partial charge on any atom is -1.00 e. The average Bonchev–Trinajstić information content (AvgIpc) is 3.33. The first-order valence-electron chi connectivity index (χ1n) is 23.7. The summed E-state index contributed by atoms with van der Waals surface area (Å²) in [4.78, 5) is 0. The van der Waals surface area contributed by atoms with Crippen LogP contribution in [0.1, 0.15) is 14.3 Å². The first kappa shape index (κ1) is 70.6. The molecule has 0 spiro atoms. The van der Waals surface area contributed by atoms with Gasteiger partial charge in [0.2, 0.25) is 0 Å². The summed E-state index contributed by atoms with van der Waals surface area (Å²) in [5.74, 6) is 0.617. The van der Waals surface area contributed by atoms with Gasteiger partial charge >= 0.3 is 51.4 Å². The minimum atomic E-state index is -3.94. The molecule has 0 unspecified atom stereocenters. The standard InChI is InChI=1S/C44H82O24S2.K.H/c45-69(46,47)41-3-7-51-9-11-53-13-15-55-17-19-57-21-23-59-25-27-61-29-31-63-33-35-65-37-39-67-43-5-1-2-6-44(43)68-40-38-66-36-34-64-32-30-62-28-26-60-24-22-58-20-18-56-16-14-54-12-10-52-8-4-42-70(48,49)50;;/h1-2,5-6H,3-4,7-42H2,(H,45,46,47)(H,48,49,50);;/q;+1;-1. The molecule has 1 aromatic carbocycles. The maximum atomic E-state index is 10.6. The molecule has 0 saturated carbocycles. The normalized spacial score (nSPS) is 11.9. The second kappa shape index (κ2) is 54.4. The molecular weight excluding hydrogens is 1020 g/mol. The Morgan fingerprint density at radius 1 is 0.282 bits per heavy atom. The van der Waals surface area contributed by atoms with E-state index in [-0.39, 0.29) is 90.4 Å². The van der Waals surface area contributed by atoms with Gasteiger partial charge in [-0.1, -0.05) is 12.1 Å². The smallest absolute Gasteiger partial charge is 1.00 e. The van der Waals surface area contributed by atoms with E-state index in [4.69, 9.17) is 94.4 Å². The second-order valence-corrected chi connectivity index (χ2v) is 17.4. The Bertz CT molecular complexity index is 1370. The summed E-state index contributed by atoms with van der Waals surface area (Å²) in [6, 6.07) is 7.43. The van der Waals surface area contributed by atoms with Crippen LogP contribution in [0, 0.1) is 0 Å². The van der Waals surface area contributed by atoms with Crippen LogP contribution >= 0.6 is 0 Å². The van der Waals surface area contributed by atoms with Gasteiger partial charge in [0.05, 0.1) is 210 Å². The summed E-state index contributed by atoms with van der Waals surface area (Å²) in [5, 5.41) is 0. The fraction of sp³-hybridized carbons (Fsp3) is 0.864. The van der Waals surface area contributed by atoms with Crippen LogP contribution in [-0.2, 0) is 96.0 Å². The van der Waals surface area contributed by atoms with Crippen molar-refractivity contribution >= 4 is 20.2 Å². The Hall–Kier alpha value is -0.364. The molecule has 24 nitrogen and oxygen atoms in total. The third-order valence-corrected chi connectivity index (χ3v) is 10.0. The van der Waals surface area contributed by atoms with Crippen molar-refractivity contribution in [1.29, 1.82) is 0 Å². The molecule has 1 aromatic rings. The van der Waals surface area contributed by atoms with Crippen molar-refractivity contribution in [3.05, 3.63) is 24.3 Å². The molecule has 0 radical (unpaired) electrons. The number of benzene rings is 1. The zero-order chi connectivity index (χ0) is 50.6. The zero-order valence-corrected chi connectivity index (χ0v) is 46.6. The molecule has 0 aliphatic heterocycles. The molecule has 27 heteroatoms. The van der Waals surface area contributed by atoms with Gasteiger partial charge in [0.25, 0.3) is 20.2 Å². The van der Waals surface area contributed by atoms with Gasteiger partial charge < -0.3 is 86.7 Å². The molecule has 0 aliphatic carbocycles. The predicted molar refractivity (Wildman–Crippen MR) is 254 cm³/mol. The van der Waals surface area contributed by atoms with Gasteiger partial charge in [0, 0.05) is 13.2 Å². The van der Waals surface area contributed by atoms with E-state index in [0.717, 1.165) is 0 Å². The summed E-state index contributed by atoms with van der Waals surface area (Å²) in [5.41, 5.74) is 0. The van der Waals surface area contributed by atoms with Gasteiger partial charge in [0.15, 0.2) is 11.5 Å². The summed E-state index contributed by atoms with van der Waals surface area (Å²) >= 11 is 0. The van der Waals surface area contributed by atoms with Gasteiger partial charge in [-0.15, -0.1) is 0 Å². The number of ether oxygens (including phenoxy) is 18. The van der Waals surface area contributed by atoms with Crippen LogP contribution in [0.2, 0.25) is 0 Å². The fourth-order valence-corrected chi connectivity index (χ4v) is 6.04.